The number of anilines is 1. The lowest BCUT2D eigenvalue weighted by Gasteiger charge is -2.21. The summed E-state index contributed by atoms with van der Waals surface area (Å²) in [5.41, 5.74) is 1.45. The molecule has 4 nitrogen and oxygen atoms in total. The Morgan fingerprint density at radius 3 is 2.42 bits per heavy atom. The summed E-state index contributed by atoms with van der Waals surface area (Å²) in [4.78, 5) is 25.2. The van der Waals surface area contributed by atoms with Gasteiger partial charge in [0.25, 0.3) is 0 Å². The second-order valence-electron chi connectivity index (χ2n) is 5.73. The molecule has 2 aromatic carbocycles. The summed E-state index contributed by atoms with van der Waals surface area (Å²) in [5, 5.41) is 3.92. The van der Waals surface area contributed by atoms with E-state index in [1.165, 1.54) is 36.1 Å². The smallest absolute Gasteiger partial charge is 0.223 e. The molecule has 0 aliphatic carbocycles. The molecule has 0 atom stereocenters. The molecule has 0 saturated heterocycles. The van der Waals surface area contributed by atoms with Crippen LogP contribution in [0, 0.1) is 5.82 Å². The highest BCUT2D eigenvalue weighted by atomic mass is 35.5. The van der Waals surface area contributed by atoms with Crippen molar-refractivity contribution in [3.05, 3.63) is 63.9 Å². The maximum Gasteiger partial charge on any atom is 0.223 e. The van der Waals surface area contributed by atoms with Gasteiger partial charge in [-0.25, -0.2) is 4.39 Å². The summed E-state index contributed by atoms with van der Waals surface area (Å²) < 4.78 is 13.0. The highest BCUT2D eigenvalue weighted by molar-refractivity contribution is 6.35. The number of halogens is 3. The first-order valence-electron chi connectivity index (χ1n) is 8.11. The molecule has 7 heteroatoms. The van der Waals surface area contributed by atoms with Crippen LogP contribution in [0.3, 0.4) is 0 Å². The summed E-state index contributed by atoms with van der Waals surface area (Å²) in [7, 11) is 0. The maximum atomic E-state index is 13.0. The average Bonchev–Trinajstić information content (AvgIpc) is 2.58. The molecule has 0 saturated carbocycles. The highest BCUT2D eigenvalue weighted by Crippen LogP contribution is 2.21. The molecule has 0 fully saturated rings. The van der Waals surface area contributed by atoms with E-state index in [9.17, 15) is 14.0 Å². The van der Waals surface area contributed by atoms with Crippen molar-refractivity contribution in [2.45, 2.75) is 19.8 Å². The minimum Gasteiger partial charge on any atom is -0.356 e. The Kier molecular flexibility index (Phi) is 7.42. The molecule has 0 bridgehead atoms. The number of hydrogen-bond acceptors (Lipinski definition) is 2. The first kappa shape index (κ1) is 20.2. The maximum absolute atomic E-state index is 13.0. The second kappa shape index (κ2) is 9.55. The Morgan fingerprint density at radius 2 is 1.81 bits per heavy atom. The molecule has 0 radical (unpaired) electrons. The van der Waals surface area contributed by atoms with Gasteiger partial charge in [0, 0.05) is 42.2 Å². The monoisotopic (exact) mass is 396 g/mol. The number of nitrogens with one attached hydrogen (secondary N) is 1. The van der Waals surface area contributed by atoms with E-state index in [0.717, 1.165) is 5.56 Å². The van der Waals surface area contributed by atoms with Crippen LogP contribution in [0.5, 0.6) is 0 Å². The topological polar surface area (TPSA) is 49.4 Å². The molecule has 0 aliphatic rings. The van der Waals surface area contributed by atoms with Crippen LogP contribution in [0.4, 0.5) is 10.1 Å². The number of carbonyl (C=O) groups is 2. The van der Waals surface area contributed by atoms with Crippen LogP contribution in [0.1, 0.15) is 18.9 Å². The van der Waals surface area contributed by atoms with Gasteiger partial charge in [-0.1, -0.05) is 29.3 Å². The SMILES string of the molecule is CC(=O)N(CCC(=O)NCCc1ccc(Cl)cc1Cl)c1ccc(F)cc1. The normalized spacial score (nSPS) is 10.5. The molecule has 26 heavy (non-hydrogen) atoms. The van der Waals surface area contributed by atoms with E-state index in [1.54, 1.807) is 12.1 Å². The van der Waals surface area contributed by atoms with Crippen molar-refractivity contribution in [1.82, 2.24) is 5.32 Å². The van der Waals surface area contributed by atoms with Gasteiger partial charge < -0.3 is 10.2 Å². The van der Waals surface area contributed by atoms with E-state index in [-0.39, 0.29) is 30.6 Å². The van der Waals surface area contributed by atoms with Gasteiger partial charge in [-0.2, -0.15) is 0 Å². The van der Waals surface area contributed by atoms with E-state index in [2.05, 4.69) is 5.32 Å². The van der Waals surface area contributed by atoms with Gasteiger partial charge in [-0.3, -0.25) is 9.59 Å². The number of amides is 2. The Morgan fingerprint density at radius 1 is 1.12 bits per heavy atom. The molecule has 2 aromatic rings. The highest BCUT2D eigenvalue weighted by Gasteiger charge is 2.13. The number of nitrogens with zero attached hydrogens (tertiary/aromatic N) is 1. The molecular weight excluding hydrogens is 378 g/mol. The molecule has 1 N–H and O–H groups in total. The van der Waals surface area contributed by atoms with Crippen LogP contribution in [-0.2, 0) is 16.0 Å². The molecule has 2 rings (SSSR count). The number of benzene rings is 2. The molecule has 0 aliphatic heterocycles. The van der Waals surface area contributed by atoms with Gasteiger partial charge in [-0.15, -0.1) is 0 Å². The van der Waals surface area contributed by atoms with Crippen molar-refractivity contribution in [3.63, 3.8) is 0 Å². The third-order valence-corrected chi connectivity index (χ3v) is 4.40. The zero-order valence-corrected chi connectivity index (χ0v) is 15.8. The Hall–Kier alpha value is -2.11. The summed E-state index contributed by atoms with van der Waals surface area (Å²) in [6.07, 6.45) is 0.724. The standard InChI is InChI=1S/C19H19Cl2FN2O2/c1-13(25)24(17-6-4-16(22)5-7-17)11-9-19(26)23-10-8-14-2-3-15(20)12-18(14)21/h2-7,12H,8-11H2,1H3,(H,23,26). The number of carbonyl (C=O) groups excluding carboxylic acids is 2. The lowest BCUT2D eigenvalue weighted by atomic mass is 10.1. The molecule has 0 spiro atoms. The van der Waals surface area contributed by atoms with E-state index in [0.29, 0.717) is 28.7 Å². The quantitative estimate of drug-likeness (QED) is 0.760. The average molecular weight is 397 g/mol. The zero-order valence-electron chi connectivity index (χ0n) is 14.3. The fourth-order valence-electron chi connectivity index (χ4n) is 2.45. The Labute approximate surface area is 161 Å². The largest absolute Gasteiger partial charge is 0.356 e. The van der Waals surface area contributed by atoms with Crippen LogP contribution >= 0.6 is 23.2 Å². The van der Waals surface area contributed by atoms with Crippen molar-refractivity contribution in [2.75, 3.05) is 18.0 Å². The van der Waals surface area contributed by atoms with Crippen LogP contribution in [0.2, 0.25) is 10.0 Å². The summed E-state index contributed by atoms with van der Waals surface area (Å²) in [6.45, 7) is 2.05. The molecule has 0 aromatic heterocycles. The van der Waals surface area contributed by atoms with Crippen molar-refractivity contribution < 1.29 is 14.0 Å². The van der Waals surface area contributed by atoms with Crippen molar-refractivity contribution in [2.24, 2.45) is 0 Å². The van der Waals surface area contributed by atoms with Gasteiger partial charge in [0.15, 0.2) is 0 Å². The van der Waals surface area contributed by atoms with Gasteiger partial charge in [0.05, 0.1) is 0 Å². The number of rotatable bonds is 7. The minimum atomic E-state index is -0.379. The van der Waals surface area contributed by atoms with Crippen LogP contribution in [-0.4, -0.2) is 24.9 Å². The fraction of sp³-hybridized carbons (Fsp3) is 0.263. The van der Waals surface area contributed by atoms with E-state index < -0.39 is 0 Å². The predicted octanol–water partition coefficient (Wildman–Crippen LogP) is 4.23. The zero-order chi connectivity index (χ0) is 19.1. The van der Waals surface area contributed by atoms with E-state index in [4.69, 9.17) is 23.2 Å². The van der Waals surface area contributed by atoms with Gasteiger partial charge in [0.1, 0.15) is 5.82 Å². The molecule has 0 unspecified atom stereocenters. The molecule has 138 valence electrons. The first-order valence-corrected chi connectivity index (χ1v) is 8.86. The Bertz CT molecular complexity index is 782. The van der Waals surface area contributed by atoms with Crippen LogP contribution in [0.25, 0.3) is 0 Å². The van der Waals surface area contributed by atoms with Gasteiger partial charge in [0.2, 0.25) is 11.8 Å². The lowest BCUT2D eigenvalue weighted by molar-refractivity contribution is -0.121. The fourth-order valence-corrected chi connectivity index (χ4v) is 2.96. The third-order valence-electron chi connectivity index (χ3n) is 3.81. The van der Waals surface area contributed by atoms with Gasteiger partial charge in [-0.05, 0) is 48.4 Å². The third kappa shape index (κ3) is 6.00. The summed E-state index contributed by atoms with van der Waals surface area (Å²) >= 11 is 11.9. The molecule has 0 heterocycles. The predicted molar refractivity (Wildman–Crippen MR) is 102 cm³/mol. The second-order valence-corrected chi connectivity index (χ2v) is 6.58. The van der Waals surface area contributed by atoms with Crippen molar-refractivity contribution >= 4 is 40.7 Å². The van der Waals surface area contributed by atoms with E-state index >= 15 is 0 Å². The van der Waals surface area contributed by atoms with E-state index in [1.807, 2.05) is 6.07 Å². The summed E-state index contributed by atoms with van der Waals surface area (Å²) in [6, 6.07) is 10.8. The summed E-state index contributed by atoms with van der Waals surface area (Å²) in [5.74, 6) is -0.767. The van der Waals surface area contributed by atoms with Crippen LogP contribution in [0.15, 0.2) is 42.5 Å². The van der Waals surface area contributed by atoms with Crippen LogP contribution < -0.4 is 10.2 Å². The lowest BCUT2D eigenvalue weighted by Crippen LogP contribution is -2.34. The molecular formula is C19H19Cl2FN2O2. The van der Waals surface area contributed by atoms with Crippen molar-refractivity contribution in [3.8, 4) is 0 Å². The molecule has 2 amide bonds. The Balaban J connectivity index is 1.82. The van der Waals surface area contributed by atoms with Gasteiger partial charge >= 0.3 is 0 Å². The first-order chi connectivity index (χ1) is 12.4. The van der Waals surface area contributed by atoms with Crippen molar-refractivity contribution in [1.29, 1.82) is 0 Å². The number of hydrogen-bond donors (Lipinski definition) is 1. The minimum absolute atomic E-state index is 0.144.